The van der Waals surface area contributed by atoms with Crippen molar-refractivity contribution in [2.24, 2.45) is 0 Å². The molecule has 0 amide bonds. The molecule has 140 valence electrons. The third kappa shape index (κ3) is 5.62. The fourth-order valence-electron chi connectivity index (χ4n) is 2.69. The van der Waals surface area contributed by atoms with E-state index in [1.54, 1.807) is 18.6 Å². The van der Waals surface area contributed by atoms with E-state index in [4.69, 9.17) is 11.6 Å². The van der Waals surface area contributed by atoms with Gasteiger partial charge in [-0.3, -0.25) is 19.7 Å². The van der Waals surface area contributed by atoms with E-state index in [1.807, 2.05) is 31.2 Å². The van der Waals surface area contributed by atoms with E-state index in [1.165, 1.54) is 0 Å². The number of rotatable bonds is 8. The van der Waals surface area contributed by atoms with Crippen LogP contribution in [0.15, 0.2) is 47.7 Å². The van der Waals surface area contributed by atoms with Crippen LogP contribution in [0.3, 0.4) is 0 Å². The summed E-state index contributed by atoms with van der Waals surface area (Å²) in [6.45, 7) is 2.65. The molecule has 0 aromatic carbocycles. The highest BCUT2D eigenvalue weighted by molar-refractivity contribution is 6.31. The summed E-state index contributed by atoms with van der Waals surface area (Å²) in [6.07, 6.45) is 8.38. The van der Waals surface area contributed by atoms with E-state index in [0.29, 0.717) is 29.5 Å². The highest BCUT2D eigenvalue weighted by atomic mass is 35.5. The van der Waals surface area contributed by atoms with Crippen LogP contribution in [0.5, 0.6) is 0 Å². The topological polar surface area (TPSA) is 83.6 Å². The van der Waals surface area contributed by atoms with Gasteiger partial charge in [-0.2, -0.15) is 0 Å². The average molecular weight is 384 g/mol. The Hall–Kier alpha value is -2.73. The maximum atomic E-state index is 12.2. The number of aryl methyl sites for hydroxylation is 2. The summed E-state index contributed by atoms with van der Waals surface area (Å²) >= 11 is 6.10. The molecule has 6 nitrogen and oxygen atoms in total. The molecular weight excluding hydrogens is 362 g/mol. The standard InChI is InChI=1S/C20H22ClN5O/c1-14-7-8-15(12-24-14)11-16-13-25-20(26-19(16)27)23-9-3-2-6-18-17(21)5-4-10-22-18/h4-5,7-8,10,12-13H,2-3,6,9,11H2,1H3,(H2,23,25,26,27). The Kier molecular flexibility index (Phi) is 6.54. The van der Waals surface area contributed by atoms with Crippen molar-refractivity contribution in [2.45, 2.75) is 32.6 Å². The fraction of sp³-hybridized carbons (Fsp3) is 0.300. The van der Waals surface area contributed by atoms with Crippen molar-refractivity contribution in [2.75, 3.05) is 11.9 Å². The van der Waals surface area contributed by atoms with Crippen LogP contribution in [-0.4, -0.2) is 26.5 Å². The monoisotopic (exact) mass is 383 g/mol. The van der Waals surface area contributed by atoms with Crippen molar-refractivity contribution in [1.29, 1.82) is 0 Å². The molecule has 0 bridgehead atoms. The van der Waals surface area contributed by atoms with Gasteiger partial charge in [0.15, 0.2) is 0 Å². The molecule has 0 aliphatic heterocycles. The number of aromatic nitrogens is 4. The van der Waals surface area contributed by atoms with Crippen LogP contribution in [0.25, 0.3) is 0 Å². The predicted molar refractivity (Wildman–Crippen MR) is 107 cm³/mol. The van der Waals surface area contributed by atoms with Crippen molar-refractivity contribution < 1.29 is 0 Å². The molecule has 0 saturated carbocycles. The van der Waals surface area contributed by atoms with Crippen molar-refractivity contribution in [3.63, 3.8) is 0 Å². The van der Waals surface area contributed by atoms with Gasteiger partial charge >= 0.3 is 0 Å². The quantitative estimate of drug-likeness (QED) is 0.581. The first-order chi connectivity index (χ1) is 13.1. The number of pyridine rings is 2. The summed E-state index contributed by atoms with van der Waals surface area (Å²) in [4.78, 5) is 27.9. The smallest absolute Gasteiger partial charge is 0.255 e. The van der Waals surface area contributed by atoms with E-state index in [9.17, 15) is 4.79 Å². The van der Waals surface area contributed by atoms with Gasteiger partial charge in [0.1, 0.15) is 0 Å². The van der Waals surface area contributed by atoms with E-state index < -0.39 is 0 Å². The van der Waals surface area contributed by atoms with Gasteiger partial charge < -0.3 is 5.32 Å². The van der Waals surface area contributed by atoms with Crippen LogP contribution in [0.2, 0.25) is 5.02 Å². The number of hydrogen-bond acceptors (Lipinski definition) is 5. The van der Waals surface area contributed by atoms with Crippen LogP contribution in [0, 0.1) is 6.92 Å². The molecule has 7 heteroatoms. The Morgan fingerprint density at radius 1 is 1.11 bits per heavy atom. The lowest BCUT2D eigenvalue weighted by atomic mass is 10.1. The second-order valence-corrected chi connectivity index (χ2v) is 6.79. The van der Waals surface area contributed by atoms with E-state index in [0.717, 1.165) is 36.2 Å². The molecule has 0 unspecified atom stereocenters. The van der Waals surface area contributed by atoms with Crippen LogP contribution in [-0.2, 0) is 12.8 Å². The number of halogens is 1. The van der Waals surface area contributed by atoms with Crippen LogP contribution in [0.4, 0.5) is 5.95 Å². The molecular formula is C20H22ClN5O. The lowest BCUT2D eigenvalue weighted by Gasteiger charge is -2.07. The Labute approximate surface area is 163 Å². The van der Waals surface area contributed by atoms with Gasteiger partial charge in [-0.15, -0.1) is 0 Å². The van der Waals surface area contributed by atoms with Gasteiger partial charge in [-0.1, -0.05) is 17.7 Å². The second-order valence-electron chi connectivity index (χ2n) is 6.39. The highest BCUT2D eigenvalue weighted by Gasteiger charge is 2.05. The number of H-pyrrole nitrogens is 1. The van der Waals surface area contributed by atoms with Crippen LogP contribution in [0.1, 0.15) is 35.4 Å². The third-order valence-electron chi connectivity index (χ3n) is 4.21. The van der Waals surface area contributed by atoms with E-state index in [2.05, 4.69) is 25.3 Å². The van der Waals surface area contributed by atoms with Gasteiger partial charge in [0.2, 0.25) is 5.95 Å². The molecule has 27 heavy (non-hydrogen) atoms. The van der Waals surface area contributed by atoms with Gasteiger partial charge in [0.25, 0.3) is 5.56 Å². The lowest BCUT2D eigenvalue weighted by molar-refractivity contribution is 0.745. The maximum Gasteiger partial charge on any atom is 0.255 e. The summed E-state index contributed by atoms with van der Waals surface area (Å²) in [6, 6.07) is 7.59. The molecule has 0 saturated heterocycles. The van der Waals surface area contributed by atoms with E-state index in [-0.39, 0.29) is 5.56 Å². The lowest BCUT2D eigenvalue weighted by Crippen LogP contribution is -2.17. The SMILES string of the molecule is Cc1ccc(Cc2cnc(NCCCCc3ncccc3Cl)[nH]c2=O)cn1. The number of nitrogens with zero attached hydrogens (tertiary/aromatic N) is 3. The molecule has 3 rings (SSSR count). The summed E-state index contributed by atoms with van der Waals surface area (Å²) in [7, 11) is 0. The number of anilines is 1. The highest BCUT2D eigenvalue weighted by Crippen LogP contribution is 2.14. The molecule has 3 aromatic rings. The molecule has 2 N–H and O–H groups in total. The summed E-state index contributed by atoms with van der Waals surface area (Å²) in [5.74, 6) is 0.488. The van der Waals surface area contributed by atoms with Crippen LogP contribution >= 0.6 is 11.6 Å². The van der Waals surface area contributed by atoms with Gasteiger partial charge in [0.05, 0.1) is 10.7 Å². The normalized spacial score (nSPS) is 10.7. The minimum Gasteiger partial charge on any atom is -0.356 e. The first-order valence-corrected chi connectivity index (χ1v) is 9.32. The Morgan fingerprint density at radius 2 is 2.00 bits per heavy atom. The second kappa shape index (κ2) is 9.28. The predicted octanol–water partition coefficient (Wildman–Crippen LogP) is 3.55. The maximum absolute atomic E-state index is 12.2. The van der Waals surface area contributed by atoms with Crippen molar-refractivity contribution in [1.82, 2.24) is 19.9 Å². The summed E-state index contributed by atoms with van der Waals surface area (Å²) in [5.41, 5.74) is 3.35. The molecule has 3 aromatic heterocycles. The minimum absolute atomic E-state index is 0.131. The number of hydrogen-bond donors (Lipinski definition) is 2. The zero-order valence-corrected chi connectivity index (χ0v) is 16.0. The molecule has 0 atom stereocenters. The number of aromatic amines is 1. The Balaban J connectivity index is 1.47. The van der Waals surface area contributed by atoms with Gasteiger partial charge in [-0.05, 0) is 49.9 Å². The molecule has 0 spiro atoms. The summed E-state index contributed by atoms with van der Waals surface area (Å²) in [5, 5.41) is 3.86. The van der Waals surface area contributed by atoms with Crippen molar-refractivity contribution >= 4 is 17.5 Å². The largest absolute Gasteiger partial charge is 0.356 e. The molecule has 0 aliphatic carbocycles. The zero-order valence-electron chi connectivity index (χ0n) is 15.2. The van der Waals surface area contributed by atoms with Gasteiger partial charge in [-0.25, -0.2) is 4.98 Å². The molecule has 0 radical (unpaired) electrons. The Morgan fingerprint density at radius 3 is 2.74 bits per heavy atom. The Bertz CT molecular complexity index is 940. The van der Waals surface area contributed by atoms with Crippen molar-refractivity contribution in [3.05, 3.63) is 80.7 Å². The third-order valence-corrected chi connectivity index (χ3v) is 4.55. The van der Waals surface area contributed by atoms with Crippen LogP contribution < -0.4 is 10.9 Å². The fourth-order valence-corrected chi connectivity index (χ4v) is 2.90. The molecule has 0 aliphatic rings. The molecule has 3 heterocycles. The zero-order chi connectivity index (χ0) is 19.1. The van der Waals surface area contributed by atoms with Crippen molar-refractivity contribution in [3.8, 4) is 0 Å². The van der Waals surface area contributed by atoms with E-state index >= 15 is 0 Å². The average Bonchev–Trinajstić information content (AvgIpc) is 2.67. The minimum atomic E-state index is -0.131. The number of nitrogens with one attached hydrogen (secondary N) is 2. The molecule has 0 fully saturated rings. The first-order valence-electron chi connectivity index (χ1n) is 8.95. The van der Waals surface area contributed by atoms with Gasteiger partial charge in [0, 0.05) is 42.8 Å². The summed E-state index contributed by atoms with van der Waals surface area (Å²) < 4.78 is 0. The first kappa shape index (κ1) is 19.0. The number of unbranched alkanes of at least 4 members (excludes halogenated alkanes) is 1.